The van der Waals surface area contributed by atoms with Gasteiger partial charge in [0, 0.05) is 0 Å². The number of carboxylic acids is 2. The van der Waals surface area contributed by atoms with Gasteiger partial charge in [0.2, 0.25) is 0 Å². The second-order valence-electron chi connectivity index (χ2n) is 5.82. The topological polar surface area (TPSA) is 99.9 Å². The molecule has 0 atom stereocenters. The highest BCUT2D eigenvalue weighted by Gasteiger charge is 2.11. The third kappa shape index (κ3) is 3.40. The number of rotatable bonds is 3. The second-order valence-corrected chi connectivity index (χ2v) is 6.91. The molecular formula is C20H12N2O4S. The second kappa shape index (κ2) is 6.62. The van der Waals surface area contributed by atoms with E-state index in [0.717, 1.165) is 26.9 Å². The van der Waals surface area contributed by atoms with Crippen LogP contribution in [0.25, 0.3) is 20.8 Å². The molecule has 0 spiro atoms. The Kier molecular flexibility index (Phi) is 4.13. The highest BCUT2D eigenvalue weighted by Crippen LogP contribution is 2.29. The number of hydrogen-bond acceptors (Lipinski definition) is 5. The summed E-state index contributed by atoms with van der Waals surface area (Å²) in [4.78, 5) is 32.4. The number of carbonyl (C=O) groups is 2. The van der Waals surface area contributed by atoms with Gasteiger partial charge in [-0.05, 0) is 48.5 Å². The minimum atomic E-state index is -1.20. The average Bonchev–Trinajstić information content (AvgIpc) is 2.66. The van der Waals surface area contributed by atoms with Crippen LogP contribution in [0.1, 0.15) is 20.7 Å². The molecule has 0 radical (unpaired) electrons. The van der Waals surface area contributed by atoms with Crippen LogP contribution in [0.3, 0.4) is 0 Å². The van der Waals surface area contributed by atoms with Crippen LogP contribution in [0.2, 0.25) is 0 Å². The van der Waals surface area contributed by atoms with Gasteiger partial charge in [-0.15, -0.1) is 11.3 Å². The van der Waals surface area contributed by atoms with Crippen LogP contribution >= 0.6 is 11.3 Å². The first-order valence-corrected chi connectivity index (χ1v) is 8.77. The molecule has 2 aromatic carbocycles. The summed E-state index contributed by atoms with van der Waals surface area (Å²) in [7, 11) is 0. The van der Waals surface area contributed by atoms with Gasteiger partial charge in [-0.25, -0.2) is 19.6 Å². The molecule has 1 aliphatic carbocycles. The molecule has 1 aliphatic heterocycles. The molecule has 27 heavy (non-hydrogen) atoms. The number of nitrogens with zero attached hydrogens (tertiary/aromatic N) is 2. The third-order valence-corrected chi connectivity index (χ3v) is 5.05. The minimum absolute atomic E-state index is 0.120. The number of hydrogen-bond donors (Lipinski definition) is 2. The summed E-state index contributed by atoms with van der Waals surface area (Å²) in [5.74, 6) is -2.41. The summed E-state index contributed by atoms with van der Waals surface area (Å²) in [6, 6.07) is 17.1. The molecule has 2 aliphatic rings. The smallest absolute Gasteiger partial charge is 0.335 e. The first-order valence-electron chi connectivity index (χ1n) is 7.96. The molecule has 0 fully saturated rings. The molecule has 0 saturated heterocycles. The number of aromatic nitrogens is 1. The maximum absolute atomic E-state index is 11.2. The minimum Gasteiger partial charge on any atom is -0.478 e. The average molecular weight is 376 g/mol. The zero-order chi connectivity index (χ0) is 19.0. The molecule has 132 valence electrons. The highest BCUT2D eigenvalue weighted by atomic mass is 32.1. The summed E-state index contributed by atoms with van der Waals surface area (Å²) in [5, 5.41) is 19.0. The molecule has 0 amide bonds. The fraction of sp³-hybridized carbons (Fsp3) is 0. The number of benzene rings is 3. The normalized spacial score (nSPS) is 11.8. The van der Waals surface area contributed by atoms with Gasteiger partial charge in [-0.2, -0.15) is 0 Å². The van der Waals surface area contributed by atoms with Crippen molar-refractivity contribution in [3.63, 3.8) is 0 Å². The fourth-order valence-corrected chi connectivity index (χ4v) is 3.70. The Hall–Kier alpha value is -3.58. The molecule has 0 bridgehead atoms. The molecular weight excluding hydrogens is 364 g/mol. The Morgan fingerprint density at radius 3 is 2.30 bits per heavy atom. The third-order valence-electron chi connectivity index (χ3n) is 3.94. The standard InChI is InChI=1S/C20H12N2O4S/c23-19(24)11-7-12(20(25)26)9-14(8-11)21-13-5-6-16-18(10-13)27-17-4-2-1-3-15(17)22-16/h1-10H,(H,23,24)(H,25,26). The van der Waals surface area contributed by atoms with E-state index in [1.54, 1.807) is 17.4 Å². The van der Waals surface area contributed by atoms with Gasteiger partial charge in [0.1, 0.15) is 0 Å². The predicted molar refractivity (Wildman–Crippen MR) is 102 cm³/mol. The van der Waals surface area contributed by atoms with Crippen molar-refractivity contribution < 1.29 is 19.8 Å². The Morgan fingerprint density at radius 1 is 0.889 bits per heavy atom. The van der Waals surface area contributed by atoms with E-state index in [-0.39, 0.29) is 16.8 Å². The van der Waals surface area contributed by atoms with Gasteiger partial charge in [0.15, 0.2) is 0 Å². The van der Waals surface area contributed by atoms with E-state index in [1.165, 1.54) is 12.1 Å². The lowest BCUT2D eigenvalue weighted by Gasteiger charge is -2.06. The van der Waals surface area contributed by atoms with Crippen molar-refractivity contribution in [3.05, 3.63) is 77.1 Å². The van der Waals surface area contributed by atoms with Gasteiger partial charge in [0.25, 0.3) is 0 Å². The molecule has 7 heteroatoms. The monoisotopic (exact) mass is 376 g/mol. The van der Waals surface area contributed by atoms with Gasteiger partial charge >= 0.3 is 11.9 Å². The zero-order valence-electron chi connectivity index (χ0n) is 13.8. The molecule has 1 heterocycles. The maximum atomic E-state index is 11.2. The number of para-hydroxylation sites is 1. The van der Waals surface area contributed by atoms with Crippen molar-refractivity contribution in [1.29, 1.82) is 0 Å². The fourth-order valence-electron chi connectivity index (χ4n) is 2.70. The SMILES string of the molecule is O=C(O)c1cc(N=c2ccc3nc4ccccc4sc-3c2)cc(C(=O)O)c1. The number of fused-ring (bicyclic) bond motifs is 2. The largest absolute Gasteiger partial charge is 0.478 e. The van der Waals surface area contributed by atoms with Crippen molar-refractivity contribution in [2.75, 3.05) is 0 Å². The predicted octanol–water partition coefficient (Wildman–Crippen LogP) is 4.03. The van der Waals surface area contributed by atoms with Crippen LogP contribution in [-0.4, -0.2) is 27.1 Å². The first kappa shape index (κ1) is 16.9. The van der Waals surface area contributed by atoms with E-state index in [1.807, 2.05) is 36.4 Å². The van der Waals surface area contributed by atoms with Crippen LogP contribution in [0.5, 0.6) is 0 Å². The van der Waals surface area contributed by atoms with E-state index in [2.05, 4.69) is 9.98 Å². The van der Waals surface area contributed by atoms with Crippen molar-refractivity contribution in [3.8, 4) is 10.6 Å². The lowest BCUT2D eigenvalue weighted by Crippen LogP contribution is -2.04. The lowest BCUT2D eigenvalue weighted by atomic mass is 10.1. The summed E-state index contributed by atoms with van der Waals surface area (Å²) in [6.07, 6.45) is 0. The van der Waals surface area contributed by atoms with Crippen molar-refractivity contribution in [2.24, 2.45) is 4.99 Å². The Morgan fingerprint density at radius 2 is 1.59 bits per heavy atom. The molecule has 2 N–H and O–H groups in total. The zero-order valence-corrected chi connectivity index (χ0v) is 14.6. The van der Waals surface area contributed by atoms with E-state index < -0.39 is 11.9 Å². The summed E-state index contributed by atoms with van der Waals surface area (Å²) < 4.78 is 1.04. The molecule has 2 aromatic rings. The van der Waals surface area contributed by atoms with Crippen LogP contribution in [-0.2, 0) is 0 Å². The molecule has 6 nitrogen and oxygen atoms in total. The molecule has 0 aromatic heterocycles. The first-order chi connectivity index (χ1) is 13.0. The van der Waals surface area contributed by atoms with E-state index in [0.29, 0.717) is 5.36 Å². The molecule has 4 rings (SSSR count). The Labute approximate surface area is 157 Å². The highest BCUT2D eigenvalue weighted by molar-refractivity contribution is 7.21. The van der Waals surface area contributed by atoms with E-state index in [9.17, 15) is 19.8 Å². The van der Waals surface area contributed by atoms with E-state index >= 15 is 0 Å². The van der Waals surface area contributed by atoms with Crippen LogP contribution in [0.15, 0.2) is 65.7 Å². The summed E-state index contributed by atoms with van der Waals surface area (Å²) >= 11 is 1.58. The van der Waals surface area contributed by atoms with Crippen LogP contribution in [0, 0.1) is 0 Å². The van der Waals surface area contributed by atoms with Gasteiger partial charge in [-0.1, -0.05) is 12.1 Å². The van der Waals surface area contributed by atoms with Crippen molar-refractivity contribution in [1.82, 2.24) is 4.98 Å². The quantitative estimate of drug-likeness (QED) is 0.526. The summed E-state index contributed by atoms with van der Waals surface area (Å²) in [5.41, 5.74) is 1.78. The van der Waals surface area contributed by atoms with Crippen molar-refractivity contribution in [2.45, 2.75) is 0 Å². The number of carboxylic acid groups (broad SMARTS) is 2. The van der Waals surface area contributed by atoms with Gasteiger partial charge in [0.05, 0.1) is 43.0 Å². The van der Waals surface area contributed by atoms with Crippen LogP contribution < -0.4 is 5.36 Å². The Bertz CT molecular complexity index is 1210. The maximum Gasteiger partial charge on any atom is 0.335 e. The van der Waals surface area contributed by atoms with E-state index in [4.69, 9.17) is 0 Å². The molecule has 0 unspecified atom stereocenters. The van der Waals surface area contributed by atoms with Crippen LogP contribution in [0.4, 0.5) is 5.69 Å². The van der Waals surface area contributed by atoms with Gasteiger partial charge in [-0.3, -0.25) is 0 Å². The number of aromatic carboxylic acids is 2. The Balaban J connectivity index is 1.88. The lowest BCUT2D eigenvalue weighted by molar-refractivity contribution is 0.0696. The van der Waals surface area contributed by atoms with Gasteiger partial charge < -0.3 is 10.2 Å². The summed E-state index contributed by atoms with van der Waals surface area (Å²) in [6.45, 7) is 0. The van der Waals surface area contributed by atoms with Crippen molar-refractivity contribution >= 4 is 39.2 Å². The molecule has 0 saturated carbocycles.